The number of carbonyl (C=O) groups excluding carboxylic acids is 1. The zero-order chi connectivity index (χ0) is 22.3. The summed E-state index contributed by atoms with van der Waals surface area (Å²) in [5, 5.41) is 11.3. The number of aliphatic hydroxyl groups excluding tert-OH is 1. The fourth-order valence-electron chi connectivity index (χ4n) is 3.49. The molecule has 0 spiro atoms. The van der Waals surface area contributed by atoms with Gasteiger partial charge < -0.3 is 14.3 Å². The van der Waals surface area contributed by atoms with Gasteiger partial charge in [-0.15, -0.1) is 11.3 Å². The standard InChI is InChI=1S/C21H33N3O4SSi/c1-8-9-27-20(26)24-12-15(28-30(6,7)21(3,4)5)10-16(24)19(25)17-13-23-14(2)22-11-18(23)29-17/h8,11,13,15-16,19,25H,1,9-10,12H2,2-7H3/t15-,16+,19?/m1/s1. The number of hydrogen-bond acceptors (Lipinski definition) is 6. The molecule has 0 radical (unpaired) electrons. The summed E-state index contributed by atoms with van der Waals surface area (Å²) in [5.41, 5.74) is 0. The Bertz CT molecular complexity index is 917. The normalized spacial score (nSPS) is 21.2. The lowest BCUT2D eigenvalue weighted by atomic mass is 10.1. The summed E-state index contributed by atoms with van der Waals surface area (Å²) in [4.78, 5) is 20.4. The molecule has 2 aromatic rings. The predicted molar refractivity (Wildman–Crippen MR) is 121 cm³/mol. The third kappa shape index (κ3) is 4.49. The van der Waals surface area contributed by atoms with Gasteiger partial charge in [-0.25, -0.2) is 9.78 Å². The van der Waals surface area contributed by atoms with Gasteiger partial charge in [0.05, 0.1) is 23.2 Å². The fraction of sp³-hybridized carbons (Fsp3) is 0.619. The van der Waals surface area contributed by atoms with Crippen LogP contribution < -0.4 is 0 Å². The van der Waals surface area contributed by atoms with E-state index in [1.807, 2.05) is 17.5 Å². The van der Waals surface area contributed by atoms with Crippen molar-refractivity contribution in [3.05, 3.63) is 35.8 Å². The summed E-state index contributed by atoms with van der Waals surface area (Å²) < 4.78 is 13.8. The third-order valence-electron chi connectivity index (χ3n) is 6.21. The van der Waals surface area contributed by atoms with Gasteiger partial charge >= 0.3 is 6.09 Å². The van der Waals surface area contributed by atoms with Crippen molar-refractivity contribution in [1.82, 2.24) is 14.3 Å². The van der Waals surface area contributed by atoms with E-state index in [2.05, 4.69) is 45.4 Å². The number of aryl methyl sites for hydroxylation is 1. The summed E-state index contributed by atoms with van der Waals surface area (Å²) >= 11 is 1.49. The molecule has 3 atom stereocenters. The van der Waals surface area contributed by atoms with E-state index in [4.69, 9.17) is 9.16 Å². The van der Waals surface area contributed by atoms with Crippen LogP contribution in [0.15, 0.2) is 25.0 Å². The quantitative estimate of drug-likeness (QED) is 0.516. The topological polar surface area (TPSA) is 76.3 Å². The van der Waals surface area contributed by atoms with Crippen molar-refractivity contribution in [3.63, 3.8) is 0 Å². The first kappa shape index (κ1) is 23.0. The van der Waals surface area contributed by atoms with Crippen LogP contribution in [-0.4, -0.2) is 59.1 Å². The van der Waals surface area contributed by atoms with Crippen LogP contribution in [0.4, 0.5) is 4.79 Å². The van der Waals surface area contributed by atoms with Gasteiger partial charge in [0.2, 0.25) is 0 Å². The van der Waals surface area contributed by atoms with Gasteiger partial charge in [-0.2, -0.15) is 0 Å². The molecule has 0 aromatic carbocycles. The molecule has 1 saturated heterocycles. The van der Waals surface area contributed by atoms with E-state index in [0.29, 0.717) is 13.0 Å². The molecule has 1 fully saturated rings. The average Bonchev–Trinajstić information content (AvgIpc) is 3.34. The van der Waals surface area contributed by atoms with Gasteiger partial charge in [-0.1, -0.05) is 33.4 Å². The Morgan fingerprint density at radius 1 is 1.50 bits per heavy atom. The molecule has 1 amide bonds. The molecule has 1 aliphatic rings. The molecule has 7 nitrogen and oxygen atoms in total. The number of imidazole rings is 1. The summed E-state index contributed by atoms with van der Waals surface area (Å²) in [5.74, 6) is 0.868. The highest BCUT2D eigenvalue weighted by molar-refractivity contribution is 7.17. The molecule has 1 N–H and O–H groups in total. The predicted octanol–water partition coefficient (Wildman–Crippen LogP) is 4.52. The molecular formula is C21H33N3O4SSi. The highest BCUT2D eigenvalue weighted by Crippen LogP contribution is 2.41. The Morgan fingerprint density at radius 3 is 2.80 bits per heavy atom. The molecule has 9 heteroatoms. The van der Waals surface area contributed by atoms with E-state index in [-0.39, 0.29) is 17.7 Å². The Labute approximate surface area is 183 Å². The van der Waals surface area contributed by atoms with Gasteiger partial charge in [0.15, 0.2) is 8.32 Å². The zero-order valence-corrected chi connectivity index (χ0v) is 20.5. The van der Waals surface area contributed by atoms with E-state index < -0.39 is 26.6 Å². The van der Waals surface area contributed by atoms with E-state index in [9.17, 15) is 9.90 Å². The minimum Gasteiger partial charge on any atom is -0.445 e. The number of aliphatic hydroxyl groups is 1. The minimum absolute atomic E-state index is 0.0653. The SMILES string of the molecule is C=CCOC(=O)N1C[C@H](O[Si](C)(C)C(C)(C)C)C[C@H]1C(O)c1cn2c(C)ncc2s1. The van der Waals surface area contributed by atoms with Crippen LogP contribution in [0.3, 0.4) is 0 Å². The molecule has 0 bridgehead atoms. The minimum atomic E-state index is -2.01. The van der Waals surface area contributed by atoms with Crippen molar-refractivity contribution in [2.75, 3.05) is 13.2 Å². The van der Waals surface area contributed by atoms with Crippen molar-refractivity contribution in [1.29, 1.82) is 0 Å². The van der Waals surface area contributed by atoms with Crippen LogP contribution in [0.2, 0.25) is 18.1 Å². The zero-order valence-electron chi connectivity index (χ0n) is 18.7. The number of carbonyl (C=O) groups is 1. The fourth-order valence-corrected chi connectivity index (χ4v) is 5.92. The Kier molecular flexibility index (Phi) is 6.48. The number of likely N-dealkylation sites (tertiary alicyclic amines) is 1. The number of hydrogen-bond donors (Lipinski definition) is 1. The van der Waals surface area contributed by atoms with Crippen molar-refractivity contribution >= 4 is 30.6 Å². The molecule has 1 aliphatic heterocycles. The number of aromatic nitrogens is 2. The van der Waals surface area contributed by atoms with E-state index in [1.165, 1.54) is 11.3 Å². The van der Waals surface area contributed by atoms with E-state index >= 15 is 0 Å². The molecule has 30 heavy (non-hydrogen) atoms. The Hall–Kier alpha value is -1.68. The Morgan fingerprint density at radius 2 is 2.20 bits per heavy atom. The summed E-state index contributed by atoms with van der Waals surface area (Å²) in [7, 11) is -2.01. The van der Waals surface area contributed by atoms with Crippen LogP contribution in [0.1, 0.15) is 44.0 Å². The van der Waals surface area contributed by atoms with E-state index in [1.54, 1.807) is 17.2 Å². The molecule has 2 aromatic heterocycles. The van der Waals surface area contributed by atoms with Crippen molar-refractivity contribution in [2.45, 2.75) is 70.5 Å². The molecule has 0 saturated carbocycles. The molecule has 3 rings (SSSR count). The van der Waals surface area contributed by atoms with Crippen molar-refractivity contribution in [2.24, 2.45) is 0 Å². The van der Waals surface area contributed by atoms with Crippen molar-refractivity contribution in [3.8, 4) is 0 Å². The van der Waals surface area contributed by atoms with Gasteiger partial charge in [0.25, 0.3) is 0 Å². The number of nitrogens with zero attached hydrogens (tertiary/aromatic N) is 3. The number of ether oxygens (including phenoxy) is 1. The van der Waals surface area contributed by atoms with Gasteiger partial charge in [-0.3, -0.25) is 9.30 Å². The summed E-state index contributed by atoms with van der Waals surface area (Å²) in [6.07, 6.45) is 4.42. The maximum atomic E-state index is 12.7. The van der Waals surface area contributed by atoms with Crippen LogP contribution in [0, 0.1) is 6.92 Å². The lowest BCUT2D eigenvalue weighted by molar-refractivity contribution is 0.0565. The largest absolute Gasteiger partial charge is 0.445 e. The first-order valence-electron chi connectivity index (χ1n) is 10.3. The third-order valence-corrected chi connectivity index (χ3v) is 11.8. The monoisotopic (exact) mass is 451 g/mol. The molecule has 0 aliphatic carbocycles. The number of amides is 1. The van der Waals surface area contributed by atoms with E-state index in [0.717, 1.165) is 15.5 Å². The average molecular weight is 452 g/mol. The molecule has 166 valence electrons. The van der Waals surface area contributed by atoms with Crippen LogP contribution in [0.25, 0.3) is 4.83 Å². The smallest absolute Gasteiger partial charge is 0.410 e. The maximum absolute atomic E-state index is 12.7. The van der Waals surface area contributed by atoms with Crippen LogP contribution in [-0.2, 0) is 9.16 Å². The second kappa shape index (κ2) is 8.45. The highest BCUT2D eigenvalue weighted by atomic mass is 32.1. The molecule has 3 heterocycles. The molecule has 1 unspecified atom stereocenters. The van der Waals surface area contributed by atoms with Gasteiger partial charge in [0, 0.05) is 12.7 Å². The van der Waals surface area contributed by atoms with Crippen LogP contribution in [0.5, 0.6) is 0 Å². The summed E-state index contributed by atoms with van der Waals surface area (Å²) in [6, 6.07) is -0.409. The first-order chi connectivity index (χ1) is 13.9. The first-order valence-corrected chi connectivity index (χ1v) is 14.0. The summed E-state index contributed by atoms with van der Waals surface area (Å²) in [6.45, 7) is 17.1. The second-order valence-corrected chi connectivity index (χ2v) is 15.3. The second-order valence-electron chi connectivity index (χ2n) is 9.41. The Balaban J connectivity index is 1.84. The number of rotatable bonds is 6. The number of thiazole rings is 1. The van der Waals surface area contributed by atoms with Gasteiger partial charge in [0.1, 0.15) is 23.4 Å². The lowest BCUT2D eigenvalue weighted by Gasteiger charge is -2.38. The highest BCUT2D eigenvalue weighted by Gasteiger charge is 2.46. The van der Waals surface area contributed by atoms with Gasteiger partial charge in [-0.05, 0) is 31.5 Å². The lowest BCUT2D eigenvalue weighted by Crippen LogP contribution is -2.45. The van der Waals surface area contributed by atoms with Crippen molar-refractivity contribution < 1.29 is 19.1 Å². The van der Waals surface area contributed by atoms with Crippen LogP contribution >= 0.6 is 11.3 Å². The molecular weight excluding hydrogens is 418 g/mol. The maximum Gasteiger partial charge on any atom is 0.410 e. The number of fused-ring (bicyclic) bond motifs is 1.